The summed E-state index contributed by atoms with van der Waals surface area (Å²) in [6, 6.07) is 0. The van der Waals surface area contributed by atoms with Crippen molar-refractivity contribution in [3.63, 3.8) is 0 Å². The molecule has 2 radical (unpaired) electrons. The van der Waals surface area contributed by atoms with Gasteiger partial charge in [0.2, 0.25) is 0 Å². The molecule has 0 nitrogen and oxygen atoms in total. The summed E-state index contributed by atoms with van der Waals surface area (Å²) in [6.45, 7) is 10.2. The maximum atomic E-state index is 3.91. The van der Waals surface area contributed by atoms with Gasteiger partial charge >= 0.3 is 0 Å². The van der Waals surface area contributed by atoms with E-state index in [1.165, 1.54) is 103 Å². The van der Waals surface area contributed by atoms with Crippen molar-refractivity contribution >= 4 is 0 Å². The second kappa shape index (κ2) is 22.6. The van der Waals surface area contributed by atoms with E-state index < -0.39 is 0 Å². The van der Waals surface area contributed by atoms with E-state index in [9.17, 15) is 0 Å². The molecule has 0 aliphatic rings. The number of rotatable bonds is 19. The molecule has 0 N–H and O–H groups in total. The summed E-state index contributed by atoms with van der Waals surface area (Å²) < 4.78 is 0. The molecule has 1 unspecified atom stereocenters. The van der Waals surface area contributed by atoms with E-state index in [4.69, 9.17) is 0 Å². The summed E-state index contributed by atoms with van der Waals surface area (Å²) in [5.41, 5.74) is 0. The van der Waals surface area contributed by atoms with Crippen LogP contribution in [-0.2, 0) is 0 Å². The molecule has 0 saturated heterocycles. The number of hydrogen-bond donors (Lipinski definition) is 0. The van der Waals surface area contributed by atoms with Crippen LogP contribution in [0.15, 0.2) is 0 Å². The van der Waals surface area contributed by atoms with Crippen LogP contribution < -0.4 is 0 Å². The molecule has 0 saturated carbocycles. The lowest BCUT2D eigenvalue weighted by atomic mass is 9.96. The third-order valence-corrected chi connectivity index (χ3v) is 5.37. The van der Waals surface area contributed by atoms with Crippen molar-refractivity contribution in [2.24, 2.45) is 5.92 Å². The van der Waals surface area contributed by atoms with Crippen molar-refractivity contribution < 1.29 is 0 Å². The molecule has 0 aliphatic carbocycles. The van der Waals surface area contributed by atoms with Crippen LogP contribution >= 0.6 is 0 Å². The molecule has 0 aromatic heterocycles. The number of unbranched alkanes of at least 4 members (excludes halogenated alkanes) is 15. The van der Waals surface area contributed by atoms with Gasteiger partial charge in [0.15, 0.2) is 0 Å². The van der Waals surface area contributed by atoms with Crippen LogP contribution in [0.25, 0.3) is 0 Å². The van der Waals surface area contributed by atoms with Crippen LogP contribution in [0.5, 0.6) is 0 Å². The normalized spacial score (nSPS) is 12.0. The van der Waals surface area contributed by atoms with Crippen LogP contribution in [0, 0.1) is 31.6 Å². The largest absolute Gasteiger partial charge is 0.103 e. The minimum atomic E-state index is 0.922. The first kappa shape index (κ1) is 25.6. The van der Waals surface area contributed by atoms with Crippen LogP contribution in [0.2, 0.25) is 0 Å². The van der Waals surface area contributed by atoms with Gasteiger partial charge in [-0.3, -0.25) is 0 Å². The minimum Gasteiger partial charge on any atom is -0.103 e. The fourth-order valence-corrected chi connectivity index (χ4v) is 3.55. The van der Waals surface area contributed by atoms with Crippen molar-refractivity contribution in [3.05, 3.63) is 13.8 Å². The van der Waals surface area contributed by atoms with Gasteiger partial charge in [0.1, 0.15) is 0 Å². The molecule has 0 heteroatoms. The molecule has 0 spiro atoms. The fourth-order valence-electron chi connectivity index (χ4n) is 3.55. The van der Waals surface area contributed by atoms with Gasteiger partial charge in [-0.1, -0.05) is 124 Å². The maximum Gasteiger partial charge on any atom is 0.00886 e. The van der Waals surface area contributed by atoms with Crippen molar-refractivity contribution in [2.45, 2.75) is 135 Å². The molecule has 26 heavy (non-hydrogen) atoms. The van der Waals surface area contributed by atoms with Crippen molar-refractivity contribution in [1.29, 1.82) is 0 Å². The third-order valence-electron chi connectivity index (χ3n) is 5.37. The average Bonchev–Trinajstić information content (AvgIpc) is 2.65. The Hall–Kier alpha value is -0.440. The molecule has 0 amide bonds. The van der Waals surface area contributed by atoms with Crippen LogP contribution in [-0.4, -0.2) is 0 Å². The SMILES string of the molecule is [CH2]CCC#CCCCCCC(C)CCCCCCCCCCCCC[CH2]. The van der Waals surface area contributed by atoms with Gasteiger partial charge in [0, 0.05) is 12.8 Å². The Morgan fingerprint density at radius 2 is 0.923 bits per heavy atom. The first-order valence-electron chi connectivity index (χ1n) is 11.9. The van der Waals surface area contributed by atoms with Gasteiger partial charge in [-0.15, -0.1) is 11.8 Å². The van der Waals surface area contributed by atoms with E-state index >= 15 is 0 Å². The summed E-state index contributed by atoms with van der Waals surface area (Å²) in [7, 11) is 0. The zero-order chi connectivity index (χ0) is 19.1. The highest BCUT2D eigenvalue weighted by atomic mass is 14.1. The smallest absolute Gasteiger partial charge is 0.00886 e. The van der Waals surface area contributed by atoms with Crippen molar-refractivity contribution in [1.82, 2.24) is 0 Å². The first-order valence-corrected chi connectivity index (χ1v) is 11.9. The fraction of sp³-hybridized carbons (Fsp3) is 0.846. The molecule has 1 atom stereocenters. The second-order valence-electron chi connectivity index (χ2n) is 8.19. The quantitative estimate of drug-likeness (QED) is 0.159. The molecular formula is C26H48. The molecule has 0 fully saturated rings. The molecule has 0 heterocycles. The lowest BCUT2D eigenvalue weighted by molar-refractivity contribution is 0.434. The topological polar surface area (TPSA) is 0 Å². The summed E-state index contributed by atoms with van der Waals surface area (Å²) in [6.07, 6.45) is 26.8. The van der Waals surface area contributed by atoms with E-state index in [1.807, 2.05) is 0 Å². The van der Waals surface area contributed by atoms with Gasteiger partial charge in [-0.25, -0.2) is 0 Å². The third kappa shape index (κ3) is 21.6. The Balaban J connectivity index is 3.17. The zero-order valence-corrected chi connectivity index (χ0v) is 18.1. The Morgan fingerprint density at radius 1 is 0.500 bits per heavy atom. The number of hydrogen-bond acceptors (Lipinski definition) is 0. The van der Waals surface area contributed by atoms with E-state index in [-0.39, 0.29) is 0 Å². The van der Waals surface area contributed by atoms with E-state index in [0.717, 1.165) is 31.6 Å². The second-order valence-corrected chi connectivity index (χ2v) is 8.19. The first-order chi connectivity index (χ1) is 12.8. The Morgan fingerprint density at radius 3 is 1.42 bits per heavy atom. The lowest BCUT2D eigenvalue weighted by Gasteiger charge is -2.10. The minimum absolute atomic E-state index is 0.922. The van der Waals surface area contributed by atoms with Crippen LogP contribution in [0.4, 0.5) is 0 Å². The summed E-state index contributed by atoms with van der Waals surface area (Å²) in [5.74, 6) is 7.37. The highest BCUT2D eigenvalue weighted by Gasteiger charge is 2.02. The van der Waals surface area contributed by atoms with Crippen LogP contribution in [0.3, 0.4) is 0 Å². The van der Waals surface area contributed by atoms with Crippen LogP contribution in [0.1, 0.15) is 135 Å². The Labute approximate surface area is 167 Å². The molecule has 0 aromatic carbocycles. The predicted octanol–water partition coefficient (Wildman–Crippen LogP) is 9.10. The molecule has 0 bridgehead atoms. The molecule has 152 valence electrons. The summed E-state index contributed by atoms with van der Waals surface area (Å²) in [5, 5.41) is 0. The monoisotopic (exact) mass is 360 g/mol. The molecule has 0 aliphatic heterocycles. The van der Waals surface area contributed by atoms with Gasteiger partial charge < -0.3 is 0 Å². The Kier molecular flexibility index (Phi) is 22.2. The van der Waals surface area contributed by atoms with Gasteiger partial charge in [0.25, 0.3) is 0 Å². The van der Waals surface area contributed by atoms with Crippen molar-refractivity contribution in [2.75, 3.05) is 0 Å². The van der Waals surface area contributed by atoms with Gasteiger partial charge in [-0.2, -0.15) is 0 Å². The summed E-state index contributed by atoms with van der Waals surface area (Å²) >= 11 is 0. The maximum absolute atomic E-state index is 3.91. The van der Waals surface area contributed by atoms with Crippen molar-refractivity contribution in [3.8, 4) is 11.8 Å². The lowest BCUT2D eigenvalue weighted by Crippen LogP contribution is -1.95. The Bertz CT molecular complexity index is 306. The van der Waals surface area contributed by atoms with Gasteiger partial charge in [-0.05, 0) is 18.8 Å². The predicted molar refractivity (Wildman–Crippen MR) is 120 cm³/mol. The van der Waals surface area contributed by atoms with Gasteiger partial charge in [0.05, 0.1) is 0 Å². The zero-order valence-electron chi connectivity index (χ0n) is 18.1. The molecule has 0 rings (SSSR count). The standard InChI is InChI=1S/C26H48/c1-4-6-8-10-12-14-15-16-17-19-21-23-25-26(3)24-22-20-18-13-11-9-7-5-2/h26H,1-2,4-8,10,12-25H2,3H3. The molecule has 0 aromatic rings. The highest BCUT2D eigenvalue weighted by molar-refractivity contribution is 4.98. The highest BCUT2D eigenvalue weighted by Crippen LogP contribution is 2.18. The van der Waals surface area contributed by atoms with E-state index in [2.05, 4.69) is 32.6 Å². The van der Waals surface area contributed by atoms with E-state index in [0.29, 0.717) is 0 Å². The summed E-state index contributed by atoms with van der Waals surface area (Å²) in [4.78, 5) is 0. The molecular weight excluding hydrogens is 312 g/mol. The average molecular weight is 361 g/mol. The van der Waals surface area contributed by atoms with E-state index in [1.54, 1.807) is 0 Å².